The molecule has 0 amide bonds. The van der Waals surface area contributed by atoms with Crippen LogP contribution in [0.15, 0.2) is 16.7 Å². The number of hydrogen-bond donors (Lipinski definition) is 0. The first kappa shape index (κ1) is 15.8. The van der Waals surface area contributed by atoms with Gasteiger partial charge in [-0.25, -0.2) is 4.98 Å². The minimum atomic E-state index is 0.429. The van der Waals surface area contributed by atoms with Crippen molar-refractivity contribution >= 4 is 27.5 Å². The van der Waals surface area contributed by atoms with Gasteiger partial charge in [-0.2, -0.15) is 0 Å². The average Bonchev–Trinajstić information content (AvgIpc) is 2.39. The van der Waals surface area contributed by atoms with Crippen molar-refractivity contribution in [3.05, 3.63) is 22.3 Å². The molecule has 0 radical (unpaired) electrons. The highest BCUT2D eigenvalue weighted by atomic mass is 79.9. The Hall–Kier alpha value is -0.280. The molecule has 0 saturated carbocycles. The fraction of sp³-hybridized carbons (Fsp3) is 0.643. The molecule has 0 N–H and O–H groups in total. The van der Waals surface area contributed by atoms with Crippen molar-refractivity contribution in [1.82, 2.24) is 4.98 Å². The van der Waals surface area contributed by atoms with Crippen LogP contribution in [-0.2, 0) is 5.88 Å². The predicted octanol–water partition coefficient (Wildman–Crippen LogP) is 5.32. The van der Waals surface area contributed by atoms with E-state index in [-0.39, 0.29) is 0 Å². The summed E-state index contributed by atoms with van der Waals surface area (Å²) in [5.74, 6) is 1.10. The first-order valence-electron chi connectivity index (χ1n) is 6.61. The van der Waals surface area contributed by atoms with Crippen LogP contribution < -0.4 is 4.74 Å². The predicted molar refractivity (Wildman–Crippen MR) is 80.4 cm³/mol. The number of aromatic nitrogens is 1. The molecular formula is C14H21BrClNO. The lowest BCUT2D eigenvalue weighted by atomic mass is 10.1. The fourth-order valence-corrected chi connectivity index (χ4v) is 2.32. The summed E-state index contributed by atoms with van der Waals surface area (Å²) in [4.78, 5) is 4.24. The van der Waals surface area contributed by atoms with Gasteiger partial charge in [-0.1, -0.05) is 39.0 Å². The zero-order valence-corrected chi connectivity index (χ0v) is 13.3. The topological polar surface area (TPSA) is 22.1 Å². The molecule has 0 aliphatic heterocycles. The molecule has 0 spiro atoms. The molecule has 1 aromatic heterocycles. The maximum atomic E-state index is 5.86. The number of rotatable bonds is 9. The summed E-state index contributed by atoms with van der Waals surface area (Å²) in [5, 5.41) is 0. The van der Waals surface area contributed by atoms with Gasteiger partial charge in [0.25, 0.3) is 0 Å². The van der Waals surface area contributed by atoms with Gasteiger partial charge in [0, 0.05) is 16.2 Å². The number of alkyl halides is 1. The summed E-state index contributed by atoms with van der Waals surface area (Å²) >= 11 is 9.24. The lowest BCUT2D eigenvalue weighted by Gasteiger charge is -2.08. The first-order chi connectivity index (χ1) is 8.77. The summed E-state index contributed by atoms with van der Waals surface area (Å²) in [6.45, 7) is 2.96. The second kappa shape index (κ2) is 9.62. The van der Waals surface area contributed by atoms with Gasteiger partial charge in [-0.15, -0.1) is 11.6 Å². The van der Waals surface area contributed by atoms with Gasteiger partial charge in [0.2, 0.25) is 5.88 Å². The van der Waals surface area contributed by atoms with Crippen LogP contribution in [0.5, 0.6) is 5.88 Å². The molecule has 2 nitrogen and oxygen atoms in total. The highest BCUT2D eigenvalue weighted by Crippen LogP contribution is 2.22. The van der Waals surface area contributed by atoms with Crippen molar-refractivity contribution in [2.24, 2.45) is 0 Å². The smallest absolute Gasteiger partial charge is 0.217 e. The van der Waals surface area contributed by atoms with Crippen LogP contribution in [0.25, 0.3) is 0 Å². The Morgan fingerprint density at radius 1 is 1.22 bits per heavy atom. The Bertz CT molecular complexity index is 347. The number of unbranched alkanes of at least 4 members (excludes halogenated alkanes) is 5. The first-order valence-corrected chi connectivity index (χ1v) is 7.94. The van der Waals surface area contributed by atoms with Crippen molar-refractivity contribution in [1.29, 1.82) is 0 Å². The largest absolute Gasteiger partial charge is 0.477 e. The normalized spacial score (nSPS) is 10.6. The van der Waals surface area contributed by atoms with Crippen molar-refractivity contribution in [3.8, 4) is 5.88 Å². The van der Waals surface area contributed by atoms with E-state index in [1.807, 2.05) is 6.07 Å². The molecule has 0 bridgehead atoms. The van der Waals surface area contributed by atoms with E-state index in [9.17, 15) is 0 Å². The average molecular weight is 335 g/mol. The van der Waals surface area contributed by atoms with Gasteiger partial charge in [0.05, 0.1) is 12.5 Å². The Balaban J connectivity index is 2.22. The van der Waals surface area contributed by atoms with Crippen molar-refractivity contribution in [2.75, 3.05) is 6.61 Å². The molecule has 0 atom stereocenters. The third-order valence-corrected chi connectivity index (χ3v) is 3.49. The van der Waals surface area contributed by atoms with E-state index in [1.54, 1.807) is 6.20 Å². The van der Waals surface area contributed by atoms with Gasteiger partial charge in [0.1, 0.15) is 0 Å². The van der Waals surface area contributed by atoms with E-state index in [4.69, 9.17) is 16.3 Å². The Morgan fingerprint density at radius 2 is 1.94 bits per heavy atom. The highest BCUT2D eigenvalue weighted by molar-refractivity contribution is 9.10. The van der Waals surface area contributed by atoms with E-state index >= 15 is 0 Å². The summed E-state index contributed by atoms with van der Waals surface area (Å²) in [6.07, 6.45) is 9.32. The molecule has 0 aliphatic carbocycles. The van der Waals surface area contributed by atoms with Crippen molar-refractivity contribution in [2.45, 2.75) is 51.3 Å². The van der Waals surface area contributed by atoms with Gasteiger partial charge in [0.15, 0.2) is 0 Å². The Morgan fingerprint density at radius 3 is 2.67 bits per heavy atom. The molecule has 18 heavy (non-hydrogen) atoms. The van der Waals surface area contributed by atoms with Crippen LogP contribution in [0.2, 0.25) is 0 Å². The number of halogens is 2. The number of nitrogens with zero attached hydrogens (tertiary/aromatic N) is 1. The molecule has 0 unspecified atom stereocenters. The standard InChI is InChI=1S/C14H21BrClNO/c1-2-3-4-5-6-7-8-18-14-12(10-16)9-13(15)11-17-14/h9,11H,2-8,10H2,1H3. The van der Waals surface area contributed by atoms with Crippen LogP contribution in [0.1, 0.15) is 51.0 Å². The molecule has 0 aliphatic rings. The minimum absolute atomic E-state index is 0.429. The molecule has 0 fully saturated rings. The third kappa shape index (κ3) is 6.05. The lowest BCUT2D eigenvalue weighted by Crippen LogP contribution is -2.01. The Kier molecular flexibility index (Phi) is 8.44. The number of hydrogen-bond acceptors (Lipinski definition) is 2. The molecule has 1 aromatic rings. The van der Waals surface area contributed by atoms with E-state index in [1.165, 1.54) is 32.1 Å². The summed E-state index contributed by atoms with van der Waals surface area (Å²) < 4.78 is 6.61. The molecule has 0 saturated heterocycles. The molecule has 1 rings (SSSR count). The SMILES string of the molecule is CCCCCCCCOc1ncc(Br)cc1CCl. The third-order valence-electron chi connectivity index (χ3n) is 2.77. The molecule has 1 heterocycles. The number of pyridine rings is 1. The van der Waals surface area contributed by atoms with E-state index in [0.717, 1.165) is 23.1 Å². The summed E-state index contributed by atoms with van der Waals surface area (Å²) in [6, 6.07) is 1.95. The Labute approximate surface area is 123 Å². The zero-order chi connectivity index (χ0) is 13.2. The second-order valence-corrected chi connectivity index (χ2v) is 5.55. The van der Waals surface area contributed by atoms with Crippen molar-refractivity contribution < 1.29 is 4.74 Å². The molecule has 102 valence electrons. The van der Waals surface area contributed by atoms with Gasteiger partial charge < -0.3 is 4.74 Å². The van der Waals surface area contributed by atoms with Gasteiger partial charge in [-0.05, 0) is 28.4 Å². The monoisotopic (exact) mass is 333 g/mol. The van der Waals surface area contributed by atoms with E-state index < -0.39 is 0 Å². The second-order valence-electron chi connectivity index (χ2n) is 4.37. The summed E-state index contributed by atoms with van der Waals surface area (Å²) in [7, 11) is 0. The van der Waals surface area contributed by atoms with Crippen LogP contribution in [0.3, 0.4) is 0 Å². The summed E-state index contributed by atoms with van der Waals surface area (Å²) in [5.41, 5.74) is 0.942. The van der Waals surface area contributed by atoms with Crippen LogP contribution in [0, 0.1) is 0 Å². The maximum absolute atomic E-state index is 5.86. The quantitative estimate of drug-likeness (QED) is 0.450. The molecular weight excluding hydrogens is 314 g/mol. The van der Waals surface area contributed by atoms with Crippen LogP contribution >= 0.6 is 27.5 Å². The van der Waals surface area contributed by atoms with E-state index in [2.05, 4.69) is 27.8 Å². The fourth-order valence-electron chi connectivity index (χ4n) is 1.75. The number of ether oxygens (including phenoxy) is 1. The maximum Gasteiger partial charge on any atom is 0.217 e. The van der Waals surface area contributed by atoms with Gasteiger partial charge >= 0.3 is 0 Å². The highest BCUT2D eigenvalue weighted by Gasteiger charge is 2.05. The van der Waals surface area contributed by atoms with Crippen molar-refractivity contribution in [3.63, 3.8) is 0 Å². The van der Waals surface area contributed by atoms with Gasteiger partial charge in [-0.3, -0.25) is 0 Å². The minimum Gasteiger partial charge on any atom is -0.477 e. The van der Waals surface area contributed by atoms with Crippen LogP contribution in [0.4, 0.5) is 0 Å². The van der Waals surface area contributed by atoms with Crippen LogP contribution in [-0.4, -0.2) is 11.6 Å². The lowest BCUT2D eigenvalue weighted by molar-refractivity contribution is 0.291. The molecule has 4 heteroatoms. The van der Waals surface area contributed by atoms with E-state index in [0.29, 0.717) is 11.8 Å². The molecule has 0 aromatic carbocycles. The zero-order valence-electron chi connectivity index (χ0n) is 10.9.